The fourth-order valence-electron chi connectivity index (χ4n) is 7.49. The monoisotopic (exact) mass is 728 g/mol. The molecule has 1 aromatic heterocycles. The zero-order valence-corrected chi connectivity index (χ0v) is 32.9. The highest BCUT2D eigenvalue weighted by Gasteiger charge is 2.19. The lowest BCUT2D eigenvalue weighted by atomic mass is 9.85. The topological polar surface area (TPSA) is 56.2 Å². The van der Waals surface area contributed by atoms with Crippen molar-refractivity contribution < 1.29 is 0 Å². The van der Waals surface area contributed by atoms with Crippen LogP contribution in [0.4, 0.5) is 5.69 Å². The molecule has 6 aromatic carbocycles. The van der Waals surface area contributed by atoms with Crippen LogP contribution in [-0.4, -0.2) is 15.8 Å². The molecule has 0 spiro atoms. The molecule has 2 N–H and O–H groups in total. The van der Waals surface area contributed by atoms with Gasteiger partial charge in [-0.25, -0.2) is 4.98 Å². The van der Waals surface area contributed by atoms with Gasteiger partial charge in [-0.3, -0.25) is 9.56 Å². The normalized spacial score (nSPS) is 12.9. The number of nitrogen functional groups attached to an aromatic ring is 1. The van der Waals surface area contributed by atoms with Crippen molar-refractivity contribution in [1.29, 1.82) is 0 Å². The summed E-state index contributed by atoms with van der Waals surface area (Å²) in [6.07, 6.45) is 20.2. The first-order chi connectivity index (χ1) is 27.3. The average Bonchev–Trinajstić information content (AvgIpc) is 3.61. The lowest BCUT2D eigenvalue weighted by molar-refractivity contribution is 1.11. The van der Waals surface area contributed by atoms with Gasteiger partial charge in [-0.2, -0.15) is 0 Å². The van der Waals surface area contributed by atoms with Crippen molar-refractivity contribution in [2.45, 2.75) is 41.2 Å². The van der Waals surface area contributed by atoms with Crippen molar-refractivity contribution in [2.24, 2.45) is 4.99 Å². The third-order valence-electron chi connectivity index (χ3n) is 10.4. The number of aryl methyl sites for hydroxylation is 1. The van der Waals surface area contributed by atoms with E-state index in [1.165, 1.54) is 38.2 Å². The summed E-state index contributed by atoms with van der Waals surface area (Å²) in [5, 5.41) is 4.74. The van der Waals surface area contributed by atoms with Crippen LogP contribution in [0, 0.1) is 6.92 Å². The molecule has 0 radical (unpaired) electrons. The van der Waals surface area contributed by atoms with Gasteiger partial charge in [0.2, 0.25) is 0 Å². The molecule has 1 heterocycles. The van der Waals surface area contributed by atoms with E-state index in [9.17, 15) is 0 Å². The summed E-state index contributed by atoms with van der Waals surface area (Å²) >= 11 is 0. The van der Waals surface area contributed by atoms with Gasteiger partial charge < -0.3 is 5.73 Å². The number of aromatic nitrogens is 2. The Morgan fingerprint density at radius 1 is 0.696 bits per heavy atom. The highest BCUT2D eigenvalue weighted by atomic mass is 15.1. The Labute approximate surface area is 330 Å². The Balaban J connectivity index is 1.48. The van der Waals surface area contributed by atoms with Gasteiger partial charge >= 0.3 is 0 Å². The molecule has 0 fully saturated rings. The van der Waals surface area contributed by atoms with E-state index >= 15 is 0 Å². The van der Waals surface area contributed by atoms with Crippen LogP contribution in [-0.2, 0) is 6.54 Å². The lowest BCUT2D eigenvalue weighted by Crippen LogP contribution is -1.97. The standard InChI is InChI=1S/C52H48N4/c1-7-10-14-17-35(4)51-44-26-22-40(39-23-27-48(53)36(5)30-39)31-45(44)47(34-54-29-12-9-3)43-25-21-41(32-46(43)51)42-24-28-50-49(33-42)55-52(38-19-15-13-16-20-38)56(50)37(6)18-11-8-2/h7-33H,1,34,53H2,2-6H3/b11-8-,12-9-,14-10-,35-17+,37-18+,54-29?. The van der Waals surface area contributed by atoms with Gasteiger partial charge in [0.05, 0.1) is 17.6 Å². The summed E-state index contributed by atoms with van der Waals surface area (Å²) in [6.45, 7) is 14.9. The van der Waals surface area contributed by atoms with E-state index < -0.39 is 0 Å². The number of benzene rings is 6. The number of fused-ring (bicyclic) bond motifs is 3. The van der Waals surface area contributed by atoms with Gasteiger partial charge in [0.15, 0.2) is 0 Å². The lowest BCUT2D eigenvalue weighted by Gasteiger charge is -2.19. The van der Waals surface area contributed by atoms with Crippen LogP contribution in [0.5, 0.6) is 0 Å². The maximum Gasteiger partial charge on any atom is 0.145 e. The molecular weight excluding hydrogens is 681 g/mol. The molecule has 4 nitrogen and oxygen atoms in total. The second-order valence-electron chi connectivity index (χ2n) is 14.1. The molecule has 4 heteroatoms. The second-order valence-corrected chi connectivity index (χ2v) is 14.1. The first kappa shape index (κ1) is 37.5. The smallest absolute Gasteiger partial charge is 0.145 e. The molecule has 276 valence electrons. The number of hydrogen-bond donors (Lipinski definition) is 1. The van der Waals surface area contributed by atoms with E-state index in [-0.39, 0.29) is 0 Å². The van der Waals surface area contributed by atoms with E-state index in [1.54, 1.807) is 0 Å². The summed E-state index contributed by atoms with van der Waals surface area (Å²) in [5.41, 5.74) is 20.4. The highest BCUT2D eigenvalue weighted by molar-refractivity contribution is 6.13. The number of nitrogens with zero attached hydrogens (tertiary/aromatic N) is 3. The van der Waals surface area contributed by atoms with Gasteiger partial charge in [0, 0.05) is 23.2 Å². The fourth-order valence-corrected chi connectivity index (χ4v) is 7.49. The zero-order chi connectivity index (χ0) is 39.2. The van der Waals surface area contributed by atoms with E-state index in [1.807, 2.05) is 62.6 Å². The molecule has 0 saturated carbocycles. The van der Waals surface area contributed by atoms with Crippen LogP contribution >= 0.6 is 0 Å². The van der Waals surface area contributed by atoms with Crippen LogP contribution in [0.2, 0.25) is 0 Å². The Kier molecular flexibility index (Phi) is 11.2. The van der Waals surface area contributed by atoms with Crippen LogP contribution in [0.15, 0.2) is 169 Å². The molecule has 0 amide bonds. The van der Waals surface area contributed by atoms with E-state index in [2.05, 4.69) is 147 Å². The fraction of sp³-hybridized carbons (Fsp3) is 0.115. The molecule has 7 rings (SSSR count). The minimum absolute atomic E-state index is 0.548. The highest BCUT2D eigenvalue weighted by Crippen LogP contribution is 2.41. The largest absolute Gasteiger partial charge is 0.399 e. The third kappa shape index (κ3) is 7.47. The molecule has 7 aromatic rings. The molecule has 0 atom stereocenters. The van der Waals surface area contributed by atoms with Crippen LogP contribution in [0.25, 0.3) is 77.5 Å². The zero-order valence-electron chi connectivity index (χ0n) is 32.9. The summed E-state index contributed by atoms with van der Waals surface area (Å²) in [4.78, 5) is 10.1. The van der Waals surface area contributed by atoms with Gasteiger partial charge in [-0.05, 0) is 149 Å². The van der Waals surface area contributed by atoms with Crippen molar-refractivity contribution in [1.82, 2.24) is 9.55 Å². The predicted octanol–water partition coefficient (Wildman–Crippen LogP) is 14.0. The minimum Gasteiger partial charge on any atom is -0.399 e. The Morgan fingerprint density at radius 2 is 1.38 bits per heavy atom. The van der Waals surface area contributed by atoms with Gasteiger partial charge in [-0.1, -0.05) is 116 Å². The van der Waals surface area contributed by atoms with Crippen molar-refractivity contribution in [3.63, 3.8) is 0 Å². The number of imidazole rings is 1. The molecule has 0 aliphatic heterocycles. The van der Waals surface area contributed by atoms with E-state index in [0.29, 0.717) is 6.54 Å². The molecule has 56 heavy (non-hydrogen) atoms. The third-order valence-corrected chi connectivity index (χ3v) is 10.4. The maximum absolute atomic E-state index is 6.22. The summed E-state index contributed by atoms with van der Waals surface area (Å²) in [7, 11) is 0. The quantitative estimate of drug-likeness (QED) is 0.0624. The molecule has 0 bridgehead atoms. The first-order valence-electron chi connectivity index (χ1n) is 19.2. The van der Waals surface area contributed by atoms with Crippen LogP contribution in [0.3, 0.4) is 0 Å². The molecule has 0 aliphatic carbocycles. The SMILES string of the molecule is C=C/C=C\C=C(/C)c1c2ccc(-c3ccc(N)c(C)c3)cc2c(CN=C/C=C\C)c2ccc(-c3ccc4c(c3)nc(-c3ccccc3)n4/C(C)=C/C=C\C)cc12. The van der Waals surface area contributed by atoms with Gasteiger partial charge in [-0.15, -0.1) is 0 Å². The predicted molar refractivity (Wildman–Crippen MR) is 245 cm³/mol. The van der Waals surface area contributed by atoms with Crippen LogP contribution in [0.1, 0.15) is 44.4 Å². The Bertz CT molecular complexity index is 2780. The number of anilines is 1. The molecular formula is C52H48N4. The molecule has 0 unspecified atom stereocenters. The molecule has 0 saturated heterocycles. The second kappa shape index (κ2) is 16.7. The van der Waals surface area contributed by atoms with Crippen molar-refractivity contribution >= 4 is 55.8 Å². The maximum atomic E-state index is 6.22. The van der Waals surface area contributed by atoms with Crippen molar-refractivity contribution in [2.75, 3.05) is 5.73 Å². The van der Waals surface area contributed by atoms with Crippen molar-refractivity contribution in [3.8, 4) is 33.6 Å². The van der Waals surface area contributed by atoms with Gasteiger partial charge in [0.1, 0.15) is 5.82 Å². The number of aliphatic imine (C=N–C) groups is 1. The first-order valence-corrected chi connectivity index (χ1v) is 19.2. The van der Waals surface area contributed by atoms with Crippen molar-refractivity contribution in [3.05, 3.63) is 181 Å². The number of rotatable bonds is 11. The Morgan fingerprint density at radius 3 is 2.11 bits per heavy atom. The summed E-state index contributed by atoms with van der Waals surface area (Å²) in [6, 6.07) is 37.0. The summed E-state index contributed by atoms with van der Waals surface area (Å²) < 4.78 is 2.25. The number of hydrogen-bond acceptors (Lipinski definition) is 3. The number of allylic oxidation sites excluding steroid dienone is 11. The minimum atomic E-state index is 0.548. The summed E-state index contributed by atoms with van der Waals surface area (Å²) in [5.74, 6) is 0.924. The number of nitrogens with two attached hydrogens (primary N) is 1. The van der Waals surface area contributed by atoms with E-state index in [0.717, 1.165) is 61.6 Å². The van der Waals surface area contributed by atoms with Crippen LogP contribution < -0.4 is 5.73 Å². The molecule has 0 aliphatic rings. The van der Waals surface area contributed by atoms with E-state index in [4.69, 9.17) is 15.7 Å². The average molecular weight is 729 g/mol. The Hall–Kier alpha value is -6.78. The van der Waals surface area contributed by atoms with Gasteiger partial charge in [0.25, 0.3) is 0 Å².